The molecular weight excluding hydrogens is 252 g/mol. The van der Waals surface area contributed by atoms with Crippen molar-refractivity contribution in [2.24, 2.45) is 0 Å². The number of carbonyl (C=O) groups excluding carboxylic acids is 1. The van der Waals surface area contributed by atoms with E-state index < -0.39 is 0 Å². The van der Waals surface area contributed by atoms with Gasteiger partial charge in [0.15, 0.2) is 5.76 Å². The molecule has 2 aliphatic rings. The van der Waals surface area contributed by atoms with Gasteiger partial charge < -0.3 is 14.2 Å². The molecule has 1 aromatic heterocycles. The predicted molar refractivity (Wildman–Crippen MR) is 77.8 cm³/mol. The Morgan fingerprint density at radius 1 is 1.25 bits per heavy atom. The molecule has 3 heterocycles. The van der Waals surface area contributed by atoms with Crippen LogP contribution in [0.2, 0.25) is 0 Å². The van der Waals surface area contributed by atoms with Gasteiger partial charge in [0, 0.05) is 25.0 Å². The molecule has 4 heteroatoms. The molecule has 0 spiro atoms. The summed E-state index contributed by atoms with van der Waals surface area (Å²) in [6.45, 7) is 4.07. The van der Waals surface area contributed by atoms with Crippen molar-refractivity contribution in [3.63, 3.8) is 0 Å². The van der Waals surface area contributed by atoms with Crippen LogP contribution in [0.1, 0.15) is 48.9 Å². The fourth-order valence-corrected chi connectivity index (χ4v) is 3.69. The van der Waals surface area contributed by atoms with Crippen LogP contribution in [0.3, 0.4) is 0 Å². The quantitative estimate of drug-likeness (QED) is 0.851. The van der Waals surface area contributed by atoms with E-state index in [2.05, 4.69) is 11.9 Å². The van der Waals surface area contributed by atoms with Gasteiger partial charge in [-0.05, 0) is 51.4 Å². The van der Waals surface area contributed by atoms with Crippen molar-refractivity contribution in [1.82, 2.24) is 9.80 Å². The van der Waals surface area contributed by atoms with E-state index in [1.54, 1.807) is 0 Å². The molecule has 2 fully saturated rings. The van der Waals surface area contributed by atoms with Crippen LogP contribution in [0.25, 0.3) is 0 Å². The topological polar surface area (TPSA) is 36.7 Å². The van der Waals surface area contributed by atoms with E-state index in [-0.39, 0.29) is 5.91 Å². The summed E-state index contributed by atoms with van der Waals surface area (Å²) in [5, 5.41) is 0. The summed E-state index contributed by atoms with van der Waals surface area (Å²) in [7, 11) is 2.18. The molecule has 1 aromatic rings. The number of likely N-dealkylation sites (N-methyl/N-ethyl adjacent to an activating group) is 1. The van der Waals surface area contributed by atoms with Gasteiger partial charge >= 0.3 is 0 Å². The molecule has 0 N–H and O–H groups in total. The van der Waals surface area contributed by atoms with Crippen LogP contribution >= 0.6 is 0 Å². The molecular formula is C16H24N2O2. The number of likely N-dealkylation sites (tertiary alicyclic amines) is 2. The molecule has 0 aliphatic carbocycles. The lowest BCUT2D eigenvalue weighted by Crippen LogP contribution is -2.47. The van der Waals surface area contributed by atoms with Gasteiger partial charge in [-0.2, -0.15) is 0 Å². The SMILES string of the molecule is CCc1ccc(C(=O)N2CCC[C@@H]2[C@@H]2CCCN2C)o1. The molecule has 1 amide bonds. The smallest absolute Gasteiger partial charge is 0.289 e. The van der Waals surface area contributed by atoms with Crippen molar-refractivity contribution < 1.29 is 9.21 Å². The Bertz CT molecular complexity index is 483. The van der Waals surface area contributed by atoms with Crippen molar-refractivity contribution in [2.75, 3.05) is 20.1 Å². The number of amides is 1. The maximum absolute atomic E-state index is 12.7. The van der Waals surface area contributed by atoms with Crippen LogP contribution in [-0.2, 0) is 6.42 Å². The molecule has 0 saturated carbocycles. The van der Waals surface area contributed by atoms with E-state index >= 15 is 0 Å². The summed E-state index contributed by atoms with van der Waals surface area (Å²) < 4.78 is 5.64. The predicted octanol–water partition coefficient (Wildman–Crippen LogP) is 2.54. The van der Waals surface area contributed by atoms with Crippen LogP contribution in [0.4, 0.5) is 0 Å². The Morgan fingerprint density at radius 2 is 2.00 bits per heavy atom. The minimum atomic E-state index is 0.0764. The molecule has 0 aromatic carbocycles. The highest BCUT2D eigenvalue weighted by atomic mass is 16.4. The second-order valence-corrected chi connectivity index (χ2v) is 6.02. The summed E-state index contributed by atoms with van der Waals surface area (Å²) in [5.41, 5.74) is 0. The zero-order chi connectivity index (χ0) is 14.1. The van der Waals surface area contributed by atoms with Gasteiger partial charge in [0.25, 0.3) is 5.91 Å². The number of hydrogen-bond donors (Lipinski definition) is 0. The maximum atomic E-state index is 12.7. The Balaban J connectivity index is 1.76. The van der Waals surface area contributed by atoms with Crippen LogP contribution in [0.5, 0.6) is 0 Å². The fourth-order valence-electron chi connectivity index (χ4n) is 3.69. The third kappa shape index (κ3) is 2.37. The van der Waals surface area contributed by atoms with E-state index in [1.807, 2.05) is 24.0 Å². The lowest BCUT2D eigenvalue weighted by Gasteiger charge is -2.32. The van der Waals surface area contributed by atoms with Crippen molar-refractivity contribution in [1.29, 1.82) is 0 Å². The second-order valence-electron chi connectivity index (χ2n) is 6.02. The van der Waals surface area contributed by atoms with Gasteiger partial charge in [-0.25, -0.2) is 0 Å². The third-order valence-corrected chi connectivity index (χ3v) is 4.80. The minimum Gasteiger partial charge on any atom is -0.456 e. The van der Waals surface area contributed by atoms with Crippen molar-refractivity contribution >= 4 is 5.91 Å². The van der Waals surface area contributed by atoms with Crippen molar-refractivity contribution in [2.45, 2.75) is 51.1 Å². The van der Waals surface area contributed by atoms with Gasteiger partial charge in [-0.3, -0.25) is 4.79 Å². The van der Waals surface area contributed by atoms with Gasteiger partial charge in [0.2, 0.25) is 0 Å². The number of carbonyl (C=O) groups is 1. The first-order valence-corrected chi connectivity index (χ1v) is 7.80. The second kappa shape index (κ2) is 5.60. The molecule has 2 saturated heterocycles. The number of furan rings is 1. The third-order valence-electron chi connectivity index (χ3n) is 4.80. The molecule has 2 atom stereocenters. The summed E-state index contributed by atoms with van der Waals surface area (Å²) in [5.74, 6) is 1.48. The molecule has 3 rings (SSSR count). The van der Waals surface area contributed by atoms with Gasteiger partial charge in [-0.15, -0.1) is 0 Å². The van der Waals surface area contributed by atoms with E-state index in [1.165, 1.54) is 12.8 Å². The standard InChI is InChI=1S/C16H24N2O2/c1-3-12-8-9-15(20-12)16(19)18-11-5-7-14(18)13-6-4-10-17(13)2/h8-9,13-14H,3-7,10-11H2,1-2H3/t13-,14+/m0/s1. The lowest BCUT2D eigenvalue weighted by molar-refractivity contribution is 0.0631. The Morgan fingerprint density at radius 3 is 2.65 bits per heavy atom. The highest BCUT2D eigenvalue weighted by Crippen LogP contribution is 2.30. The molecule has 0 bridgehead atoms. The van der Waals surface area contributed by atoms with E-state index in [0.29, 0.717) is 17.8 Å². The van der Waals surface area contributed by atoms with E-state index in [9.17, 15) is 4.79 Å². The Kier molecular flexibility index (Phi) is 3.83. The summed E-state index contributed by atoms with van der Waals surface area (Å²) in [4.78, 5) is 17.1. The molecule has 110 valence electrons. The van der Waals surface area contributed by atoms with Crippen LogP contribution in [0, 0.1) is 0 Å². The molecule has 0 radical (unpaired) electrons. The van der Waals surface area contributed by atoms with Gasteiger partial charge in [0.05, 0.1) is 0 Å². The Labute approximate surface area is 120 Å². The Hall–Kier alpha value is -1.29. The van der Waals surface area contributed by atoms with Crippen molar-refractivity contribution in [3.8, 4) is 0 Å². The van der Waals surface area contributed by atoms with Crippen molar-refractivity contribution in [3.05, 3.63) is 23.7 Å². The monoisotopic (exact) mass is 276 g/mol. The zero-order valence-electron chi connectivity index (χ0n) is 12.5. The highest BCUT2D eigenvalue weighted by Gasteiger charge is 2.39. The summed E-state index contributed by atoms with van der Waals surface area (Å²) in [6, 6.07) is 4.64. The maximum Gasteiger partial charge on any atom is 0.289 e. The first-order valence-electron chi connectivity index (χ1n) is 7.80. The van der Waals surface area contributed by atoms with Crippen LogP contribution in [-0.4, -0.2) is 47.9 Å². The zero-order valence-corrected chi connectivity index (χ0v) is 12.5. The number of aryl methyl sites for hydroxylation is 1. The lowest BCUT2D eigenvalue weighted by atomic mass is 10.0. The highest BCUT2D eigenvalue weighted by molar-refractivity contribution is 5.92. The largest absolute Gasteiger partial charge is 0.456 e. The van der Waals surface area contributed by atoms with E-state index in [0.717, 1.165) is 38.1 Å². The normalized spacial score (nSPS) is 27.4. The minimum absolute atomic E-state index is 0.0764. The summed E-state index contributed by atoms with van der Waals surface area (Å²) >= 11 is 0. The average molecular weight is 276 g/mol. The molecule has 4 nitrogen and oxygen atoms in total. The first-order chi connectivity index (χ1) is 9.70. The average Bonchev–Trinajstić information content (AvgIpc) is 3.17. The van der Waals surface area contributed by atoms with Crippen LogP contribution in [0.15, 0.2) is 16.5 Å². The van der Waals surface area contributed by atoms with Crippen LogP contribution < -0.4 is 0 Å². The number of hydrogen-bond acceptors (Lipinski definition) is 3. The molecule has 0 unspecified atom stereocenters. The fraction of sp³-hybridized carbons (Fsp3) is 0.688. The summed E-state index contributed by atoms with van der Waals surface area (Å²) in [6.07, 6.45) is 5.54. The van der Waals surface area contributed by atoms with Gasteiger partial charge in [0.1, 0.15) is 5.76 Å². The number of rotatable bonds is 3. The van der Waals surface area contributed by atoms with Gasteiger partial charge in [-0.1, -0.05) is 6.92 Å². The molecule has 20 heavy (non-hydrogen) atoms. The molecule has 2 aliphatic heterocycles. The van der Waals surface area contributed by atoms with E-state index in [4.69, 9.17) is 4.42 Å². The number of nitrogens with zero attached hydrogens (tertiary/aromatic N) is 2. The first kappa shape index (κ1) is 13.7.